The maximum atomic E-state index is 4.34. The van der Waals surface area contributed by atoms with Crippen molar-refractivity contribution < 1.29 is 0 Å². The van der Waals surface area contributed by atoms with E-state index >= 15 is 0 Å². The minimum absolute atomic E-state index is 0.485. The molecule has 1 aliphatic rings. The molecule has 7 nitrogen and oxygen atoms in total. The van der Waals surface area contributed by atoms with Crippen LogP contribution in [0, 0.1) is 6.92 Å². The van der Waals surface area contributed by atoms with Crippen molar-refractivity contribution in [2.45, 2.75) is 26.8 Å². The average Bonchev–Trinajstić information content (AvgIpc) is 3.06. The van der Waals surface area contributed by atoms with Crippen LogP contribution in [0.15, 0.2) is 24.4 Å². The van der Waals surface area contributed by atoms with Crippen LogP contribution in [0.2, 0.25) is 0 Å². The van der Waals surface area contributed by atoms with E-state index in [4.69, 9.17) is 0 Å². The van der Waals surface area contributed by atoms with Crippen molar-refractivity contribution >= 4 is 5.82 Å². The van der Waals surface area contributed by atoms with Crippen LogP contribution >= 0.6 is 0 Å². The zero-order chi connectivity index (χ0) is 16.9. The zero-order valence-corrected chi connectivity index (χ0v) is 14.8. The van der Waals surface area contributed by atoms with E-state index in [-0.39, 0.29) is 0 Å². The monoisotopic (exact) mass is 329 g/mol. The summed E-state index contributed by atoms with van der Waals surface area (Å²) in [5, 5.41) is 16.2. The number of piperazine rings is 1. The molecule has 0 aliphatic carbocycles. The van der Waals surface area contributed by atoms with Gasteiger partial charge in [0.2, 0.25) is 0 Å². The number of hydrogen-bond donors (Lipinski definition) is 1. The molecule has 0 aromatic carbocycles. The molecular formula is C17H27N7. The van der Waals surface area contributed by atoms with Crippen LogP contribution in [-0.4, -0.2) is 75.1 Å². The summed E-state index contributed by atoms with van der Waals surface area (Å²) in [4.78, 5) is 5.03. The second kappa shape index (κ2) is 7.72. The Balaban J connectivity index is 1.49. The lowest BCUT2D eigenvalue weighted by atomic mass is 10.2. The maximum Gasteiger partial charge on any atom is 0.175 e. The Kier molecular flexibility index (Phi) is 5.42. The first-order chi connectivity index (χ1) is 11.7. The lowest BCUT2D eigenvalue weighted by molar-refractivity contribution is 0.110. The predicted molar refractivity (Wildman–Crippen MR) is 95.5 cm³/mol. The molecule has 7 heteroatoms. The van der Waals surface area contributed by atoms with E-state index in [0.717, 1.165) is 43.5 Å². The SMILES string of the molecule is CCN1CCN([C@H](C)CNc2ccc(-n3ccc(C)n3)nn2)CC1. The summed E-state index contributed by atoms with van der Waals surface area (Å²) in [6.45, 7) is 13.1. The maximum absolute atomic E-state index is 4.34. The van der Waals surface area contributed by atoms with Crippen LogP contribution in [0.4, 0.5) is 5.82 Å². The number of aryl methyl sites for hydroxylation is 1. The Bertz CT molecular complexity index is 629. The third-order valence-corrected chi connectivity index (χ3v) is 4.66. The van der Waals surface area contributed by atoms with Gasteiger partial charge in [0.25, 0.3) is 0 Å². The number of anilines is 1. The second-order valence-electron chi connectivity index (χ2n) is 6.38. The topological polar surface area (TPSA) is 62.1 Å². The van der Waals surface area contributed by atoms with Crippen molar-refractivity contribution in [2.75, 3.05) is 44.6 Å². The highest BCUT2D eigenvalue weighted by atomic mass is 15.3. The minimum atomic E-state index is 0.485. The van der Waals surface area contributed by atoms with Gasteiger partial charge in [0, 0.05) is 45.0 Å². The van der Waals surface area contributed by atoms with E-state index in [9.17, 15) is 0 Å². The summed E-state index contributed by atoms with van der Waals surface area (Å²) in [6, 6.07) is 6.33. The quantitative estimate of drug-likeness (QED) is 0.865. The molecule has 130 valence electrons. The van der Waals surface area contributed by atoms with E-state index in [1.807, 2.05) is 31.3 Å². The molecule has 1 atom stereocenters. The first kappa shape index (κ1) is 16.9. The molecule has 0 amide bonds. The second-order valence-corrected chi connectivity index (χ2v) is 6.38. The molecule has 0 radical (unpaired) electrons. The molecule has 3 heterocycles. The molecule has 2 aromatic heterocycles. The lowest BCUT2D eigenvalue weighted by Crippen LogP contribution is -2.51. The fraction of sp³-hybridized carbons (Fsp3) is 0.588. The molecule has 24 heavy (non-hydrogen) atoms. The Morgan fingerprint density at radius 1 is 1.12 bits per heavy atom. The normalized spacial score (nSPS) is 17.8. The van der Waals surface area contributed by atoms with E-state index in [1.165, 1.54) is 13.1 Å². The van der Waals surface area contributed by atoms with Gasteiger partial charge in [-0.25, -0.2) is 4.68 Å². The Morgan fingerprint density at radius 3 is 2.50 bits per heavy atom. The van der Waals surface area contributed by atoms with Crippen LogP contribution in [0.5, 0.6) is 0 Å². The van der Waals surface area contributed by atoms with Gasteiger partial charge in [0.05, 0.1) is 5.69 Å². The van der Waals surface area contributed by atoms with Gasteiger partial charge < -0.3 is 10.2 Å². The van der Waals surface area contributed by atoms with Crippen molar-refractivity contribution in [2.24, 2.45) is 0 Å². The molecule has 0 unspecified atom stereocenters. The molecule has 0 spiro atoms. The van der Waals surface area contributed by atoms with Crippen LogP contribution in [0.3, 0.4) is 0 Å². The van der Waals surface area contributed by atoms with Gasteiger partial charge in [-0.1, -0.05) is 6.92 Å². The van der Waals surface area contributed by atoms with E-state index in [2.05, 4.69) is 44.3 Å². The van der Waals surface area contributed by atoms with Gasteiger partial charge >= 0.3 is 0 Å². The Hall–Kier alpha value is -1.99. The number of nitrogens with one attached hydrogen (secondary N) is 1. The van der Waals surface area contributed by atoms with E-state index in [1.54, 1.807) is 4.68 Å². The largest absolute Gasteiger partial charge is 0.367 e. The molecule has 1 aliphatic heterocycles. The standard InChI is InChI=1S/C17H27N7/c1-4-22-9-11-23(12-10-22)15(3)13-18-16-5-6-17(20-19-16)24-8-7-14(2)21-24/h5-8,15H,4,9-13H2,1-3H3,(H,18,19)/t15-/m1/s1. The first-order valence-electron chi connectivity index (χ1n) is 8.72. The van der Waals surface area contributed by atoms with Crippen molar-refractivity contribution in [1.82, 2.24) is 29.8 Å². The van der Waals surface area contributed by atoms with Gasteiger partial charge in [-0.15, -0.1) is 10.2 Å². The van der Waals surface area contributed by atoms with Crippen LogP contribution in [0.1, 0.15) is 19.5 Å². The molecule has 1 saturated heterocycles. The van der Waals surface area contributed by atoms with Gasteiger partial charge in [-0.2, -0.15) is 5.10 Å². The number of nitrogens with zero attached hydrogens (tertiary/aromatic N) is 6. The van der Waals surface area contributed by atoms with Gasteiger partial charge in [0.1, 0.15) is 5.82 Å². The molecule has 1 fully saturated rings. The van der Waals surface area contributed by atoms with Crippen molar-refractivity contribution in [1.29, 1.82) is 0 Å². The highest BCUT2D eigenvalue weighted by molar-refractivity contribution is 5.36. The van der Waals surface area contributed by atoms with E-state index < -0.39 is 0 Å². The fourth-order valence-corrected chi connectivity index (χ4v) is 2.99. The predicted octanol–water partition coefficient (Wildman–Crippen LogP) is 1.41. The van der Waals surface area contributed by atoms with Crippen molar-refractivity contribution in [3.05, 3.63) is 30.1 Å². The summed E-state index contributed by atoms with van der Waals surface area (Å²) < 4.78 is 1.74. The third kappa shape index (κ3) is 4.10. The summed E-state index contributed by atoms with van der Waals surface area (Å²) in [7, 11) is 0. The highest BCUT2D eigenvalue weighted by Gasteiger charge is 2.19. The lowest BCUT2D eigenvalue weighted by Gasteiger charge is -2.37. The van der Waals surface area contributed by atoms with Crippen molar-refractivity contribution in [3.8, 4) is 5.82 Å². The summed E-state index contributed by atoms with van der Waals surface area (Å²) in [5.41, 5.74) is 0.969. The smallest absolute Gasteiger partial charge is 0.175 e. The third-order valence-electron chi connectivity index (χ3n) is 4.66. The molecule has 0 saturated carbocycles. The van der Waals surface area contributed by atoms with Crippen molar-refractivity contribution in [3.63, 3.8) is 0 Å². The molecule has 1 N–H and O–H groups in total. The molecular weight excluding hydrogens is 302 g/mol. The van der Waals surface area contributed by atoms with Gasteiger partial charge in [-0.05, 0) is 38.6 Å². The summed E-state index contributed by atoms with van der Waals surface area (Å²) >= 11 is 0. The first-order valence-corrected chi connectivity index (χ1v) is 8.72. The highest BCUT2D eigenvalue weighted by Crippen LogP contribution is 2.09. The zero-order valence-electron chi connectivity index (χ0n) is 14.8. The molecule has 3 rings (SSSR count). The summed E-state index contributed by atoms with van der Waals surface area (Å²) in [6.07, 6.45) is 1.89. The minimum Gasteiger partial charge on any atom is -0.367 e. The number of hydrogen-bond acceptors (Lipinski definition) is 6. The Labute approximate surface area is 143 Å². The van der Waals surface area contributed by atoms with Crippen LogP contribution < -0.4 is 5.32 Å². The number of rotatable bonds is 6. The van der Waals surface area contributed by atoms with E-state index in [0.29, 0.717) is 6.04 Å². The Morgan fingerprint density at radius 2 is 1.92 bits per heavy atom. The summed E-state index contributed by atoms with van der Waals surface area (Å²) in [5.74, 6) is 1.54. The van der Waals surface area contributed by atoms with Gasteiger partial charge in [-0.3, -0.25) is 4.90 Å². The molecule has 2 aromatic rings. The van der Waals surface area contributed by atoms with Crippen LogP contribution in [-0.2, 0) is 0 Å². The van der Waals surface area contributed by atoms with Crippen LogP contribution in [0.25, 0.3) is 5.82 Å². The number of likely N-dealkylation sites (N-methyl/N-ethyl adjacent to an activating group) is 1. The average molecular weight is 329 g/mol. The molecule has 0 bridgehead atoms. The van der Waals surface area contributed by atoms with Gasteiger partial charge in [0.15, 0.2) is 5.82 Å². The fourth-order valence-electron chi connectivity index (χ4n) is 2.99. The number of aromatic nitrogens is 4.